The molecule has 0 saturated carbocycles. The molecular weight excluding hydrogens is 196 g/mol. The molecule has 0 radical (unpaired) electrons. The Morgan fingerprint density at radius 2 is 1.86 bits per heavy atom. The zero-order chi connectivity index (χ0) is 10.4. The minimum atomic E-state index is -3.03. The van der Waals surface area contributed by atoms with Crippen LogP contribution in [0, 0.1) is 0 Å². The number of rotatable bonds is 5. The molecule has 1 aromatic rings. The fourth-order valence-electron chi connectivity index (χ4n) is 1.21. The third-order valence-corrected chi connectivity index (χ3v) is 3.36. The molecule has 0 bridgehead atoms. The summed E-state index contributed by atoms with van der Waals surface area (Å²) in [6, 6.07) is 9.86. The summed E-state index contributed by atoms with van der Waals surface area (Å²) in [5, 5.41) is 1.03. The molecule has 0 aliphatic rings. The molecule has 0 spiro atoms. The summed E-state index contributed by atoms with van der Waals surface area (Å²) >= 11 is 0. The molecule has 2 nitrogen and oxygen atoms in total. The van der Waals surface area contributed by atoms with Crippen molar-refractivity contribution in [3.05, 3.63) is 47.9 Å². The van der Waals surface area contributed by atoms with Crippen molar-refractivity contribution in [3.8, 4) is 0 Å². The first kappa shape index (κ1) is 11.0. The highest BCUT2D eigenvalue weighted by Gasteiger charge is 2.03. The number of benzene rings is 1. The highest BCUT2D eigenvalue weighted by molar-refractivity contribution is 7.94. The van der Waals surface area contributed by atoms with Gasteiger partial charge in [0.1, 0.15) is 0 Å². The molecule has 1 aromatic carbocycles. The van der Waals surface area contributed by atoms with Gasteiger partial charge in [0.2, 0.25) is 0 Å². The van der Waals surface area contributed by atoms with Gasteiger partial charge >= 0.3 is 0 Å². The predicted octanol–water partition coefficient (Wildman–Crippen LogP) is 2.18. The summed E-state index contributed by atoms with van der Waals surface area (Å²) in [5.41, 5.74) is 1.17. The Labute approximate surface area is 85.2 Å². The van der Waals surface area contributed by atoms with Gasteiger partial charge in [-0.2, -0.15) is 0 Å². The summed E-state index contributed by atoms with van der Waals surface area (Å²) in [7, 11) is -3.03. The van der Waals surface area contributed by atoms with Crippen LogP contribution in [0.4, 0.5) is 0 Å². The monoisotopic (exact) mass is 210 g/mol. The van der Waals surface area contributed by atoms with E-state index in [4.69, 9.17) is 0 Å². The van der Waals surface area contributed by atoms with Gasteiger partial charge in [0.25, 0.3) is 0 Å². The van der Waals surface area contributed by atoms with Crippen molar-refractivity contribution in [1.29, 1.82) is 0 Å². The minimum absolute atomic E-state index is 0.186. The highest BCUT2D eigenvalue weighted by atomic mass is 32.2. The molecule has 0 N–H and O–H groups in total. The van der Waals surface area contributed by atoms with Crippen LogP contribution in [0.5, 0.6) is 0 Å². The van der Waals surface area contributed by atoms with Crippen molar-refractivity contribution in [3.63, 3.8) is 0 Å². The van der Waals surface area contributed by atoms with Gasteiger partial charge in [0.15, 0.2) is 9.84 Å². The minimum Gasteiger partial charge on any atom is -0.224 e. The molecule has 0 aromatic heterocycles. The lowest BCUT2D eigenvalue weighted by Crippen LogP contribution is -2.02. The highest BCUT2D eigenvalue weighted by Crippen LogP contribution is 2.04. The van der Waals surface area contributed by atoms with Gasteiger partial charge in [-0.05, 0) is 18.4 Å². The summed E-state index contributed by atoms with van der Waals surface area (Å²) in [4.78, 5) is 0. The molecule has 0 unspecified atom stereocenters. The Balaban J connectivity index is 2.40. The van der Waals surface area contributed by atoms with E-state index in [1.165, 1.54) is 5.56 Å². The quantitative estimate of drug-likeness (QED) is 0.746. The second kappa shape index (κ2) is 4.96. The number of hydrogen-bond acceptors (Lipinski definition) is 2. The van der Waals surface area contributed by atoms with Crippen LogP contribution in [0.15, 0.2) is 42.3 Å². The molecule has 76 valence electrons. The Hall–Kier alpha value is -1.09. The first-order valence-corrected chi connectivity index (χ1v) is 6.25. The third kappa shape index (κ3) is 3.75. The van der Waals surface area contributed by atoms with Crippen molar-refractivity contribution in [2.45, 2.75) is 12.8 Å². The van der Waals surface area contributed by atoms with E-state index in [1.807, 2.05) is 30.3 Å². The third-order valence-electron chi connectivity index (χ3n) is 1.99. The van der Waals surface area contributed by atoms with Crippen LogP contribution in [0.25, 0.3) is 0 Å². The van der Waals surface area contributed by atoms with Gasteiger partial charge in [-0.15, -0.1) is 0 Å². The number of hydrogen-bond donors (Lipinski definition) is 0. The van der Waals surface area contributed by atoms with E-state index in [-0.39, 0.29) is 5.75 Å². The van der Waals surface area contributed by atoms with E-state index < -0.39 is 9.84 Å². The van der Waals surface area contributed by atoms with Gasteiger partial charge in [-0.1, -0.05) is 36.9 Å². The molecule has 14 heavy (non-hydrogen) atoms. The molecule has 0 aliphatic carbocycles. The van der Waals surface area contributed by atoms with Crippen molar-refractivity contribution in [2.75, 3.05) is 5.75 Å². The van der Waals surface area contributed by atoms with Crippen molar-refractivity contribution < 1.29 is 8.42 Å². The Kier molecular flexibility index (Phi) is 3.89. The van der Waals surface area contributed by atoms with Crippen LogP contribution < -0.4 is 0 Å². The van der Waals surface area contributed by atoms with Crippen molar-refractivity contribution in [2.24, 2.45) is 0 Å². The maximum atomic E-state index is 11.1. The second-order valence-electron chi connectivity index (χ2n) is 3.12. The molecule has 3 heteroatoms. The molecule has 0 heterocycles. The van der Waals surface area contributed by atoms with Crippen molar-refractivity contribution >= 4 is 9.84 Å². The smallest absolute Gasteiger partial charge is 0.171 e. The molecule has 0 aliphatic heterocycles. The first-order chi connectivity index (χ1) is 6.64. The molecular formula is C11H14O2S. The topological polar surface area (TPSA) is 34.1 Å². The van der Waals surface area contributed by atoms with E-state index in [0.29, 0.717) is 6.42 Å². The standard InChI is InChI=1S/C11H14O2S/c1-2-14(12,13)10-6-9-11-7-4-3-5-8-11/h2-5,7-8H,1,6,9-10H2. The summed E-state index contributed by atoms with van der Waals surface area (Å²) in [6.07, 6.45) is 1.45. The lowest BCUT2D eigenvalue weighted by Gasteiger charge is -1.99. The lowest BCUT2D eigenvalue weighted by molar-refractivity contribution is 0.602. The van der Waals surface area contributed by atoms with E-state index >= 15 is 0 Å². The maximum Gasteiger partial charge on any atom is 0.171 e. The molecule has 0 amide bonds. The van der Waals surface area contributed by atoms with Crippen molar-refractivity contribution in [1.82, 2.24) is 0 Å². The van der Waals surface area contributed by atoms with Gasteiger partial charge in [-0.3, -0.25) is 0 Å². The van der Waals surface area contributed by atoms with E-state index in [0.717, 1.165) is 11.8 Å². The van der Waals surface area contributed by atoms with E-state index in [9.17, 15) is 8.42 Å². The van der Waals surface area contributed by atoms with E-state index in [1.54, 1.807) is 0 Å². The molecule has 1 rings (SSSR count). The largest absolute Gasteiger partial charge is 0.224 e. The zero-order valence-electron chi connectivity index (χ0n) is 8.02. The zero-order valence-corrected chi connectivity index (χ0v) is 8.83. The van der Waals surface area contributed by atoms with Crippen LogP contribution in [0.2, 0.25) is 0 Å². The van der Waals surface area contributed by atoms with Crippen LogP contribution >= 0.6 is 0 Å². The fourth-order valence-corrected chi connectivity index (χ4v) is 1.92. The lowest BCUT2D eigenvalue weighted by atomic mass is 10.1. The van der Waals surface area contributed by atoms with Gasteiger partial charge in [-0.25, -0.2) is 8.42 Å². The fraction of sp³-hybridized carbons (Fsp3) is 0.273. The van der Waals surface area contributed by atoms with Crippen LogP contribution in [0.3, 0.4) is 0 Å². The van der Waals surface area contributed by atoms with Crippen LogP contribution in [0.1, 0.15) is 12.0 Å². The summed E-state index contributed by atoms with van der Waals surface area (Å²) in [6.45, 7) is 3.27. The Morgan fingerprint density at radius 3 is 2.43 bits per heavy atom. The molecule has 0 saturated heterocycles. The van der Waals surface area contributed by atoms with Crippen LogP contribution in [-0.4, -0.2) is 14.2 Å². The number of aryl methyl sites for hydroxylation is 1. The molecule has 0 fully saturated rings. The van der Waals surface area contributed by atoms with Gasteiger partial charge < -0.3 is 0 Å². The SMILES string of the molecule is C=CS(=O)(=O)CCCc1ccccc1. The summed E-state index contributed by atoms with van der Waals surface area (Å²) in [5.74, 6) is 0.186. The predicted molar refractivity (Wildman–Crippen MR) is 58.7 cm³/mol. The Morgan fingerprint density at radius 1 is 1.21 bits per heavy atom. The van der Waals surface area contributed by atoms with Gasteiger partial charge in [0, 0.05) is 5.41 Å². The molecule has 0 atom stereocenters. The summed E-state index contributed by atoms with van der Waals surface area (Å²) < 4.78 is 22.1. The normalized spacial score (nSPS) is 11.1. The number of sulfone groups is 1. The average molecular weight is 210 g/mol. The average Bonchev–Trinajstić information content (AvgIpc) is 2.19. The van der Waals surface area contributed by atoms with E-state index in [2.05, 4.69) is 6.58 Å². The maximum absolute atomic E-state index is 11.1. The Bertz CT molecular complexity index is 379. The van der Waals surface area contributed by atoms with Gasteiger partial charge in [0.05, 0.1) is 5.75 Å². The first-order valence-electron chi connectivity index (χ1n) is 4.53. The van der Waals surface area contributed by atoms with Crippen LogP contribution in [-0.2, 0) is 16.3 Å². The second-order valence-corrected chi connectivity index (χ2v) is 5.19.